The van der Waals surface area contributed by atoms with E-state index in [-0.39, 0.29) is 30.4 Å². The molecule has 1 amide bonds. The number of benzene rings is 1. The predicted octanol–water partition coefficient (Wildman–Crippen LogP) is 3.62. The zero-order valence-electron chi connectivity index (χ0n) is 13.9. The molecule has 0 radical (unpaired) electrons. The van der Waals surface area contributed by atoms with E-state index in [2.05, 4.69) is 10.2 Å². The molecule has 0 saturated carbocycles. The number of rotatable bonds is 6. The highest BCUT2D eigenvalue weighted by Gasteiger charge is 2.22. The molecule has 136 valence electrons. The van der Waals surface area contributed by atoms with Crippen LogP contribution in [-0.2, 0) is 11.3 Å². The monoisotopic (exact) mass is 393 g/mol. The number of carbonyl (C=O) groups excluding carboxylic acids is 1. The summed E-state index contributed by atoms with van der Waals surface area (Å²) >= 11 is 12.0. The van der Waals surface area contributed by atoms with E-state index in [0.717, 1.165) is 50.9 Å². The fourth-order valence-corrected chi connectivity index (χ4v) is 3.20. The standard InChI is InChI=1S/C17H25Cl2N3O.ClH/c1-2-3-16(20)17(23)21-13-6-8-22(9-7-13)11-12-4-5-14(18)15(19)10-12;/h4-5,10,13,16H,2-3,6-9,11,20H2,1H3,(H,21,23);1H. The van der Waals surface area contributed by atoms with Crippen LogP contribution in [-0.4, -0.2) is 36.0 Å². The molecule has 3 N–H and O–H groups in total. The van der Waals surface area contributed by atoms with Gasteiger partial charge in [-0.2, -0.15) is 0 Å². The topological polar surface area (TPSA) is 58.4 Å². The van der Waals surface area contributed by atoms with Gasteiger partial charge in [-0.15, -0.1) is 12.4 Å². The Morgan fingerprint density at radius 3 is 2.58 bits per heavy atom. The minimum Gasteiger partial charge on any atom is -0.352 e. The van der Waals surface area contributed by atoms with Crippen molar-refractivity contribution < 1.29 is 4.79 Å². The molecule has 1 saturated heterocycles. The zero-order chi connectivity index (χ0) is 16.8. The lowest BCUT2D eigenvalue weighted by atomic mass is 10.0. The number of carbonyl (C=O) groups is 1. The zero-order valence-corrected chi connectivity index (χ0v) is 16.3. The van der Waals surface area contributed by atoms with Gasteiger partial charge in [0.15, 0.2) is 0 Å². The first kappa shape index (κ1) is 21.5. The van der Waals surface area contributed by atoms with Gasteiger partial charge in [-0.25, -0.2) is 0 Å². The normalized spacial score (nSPS) is 17.2. The quantitative estimate of drug-likeness (QED) is 0.774. The third-order valence-electron chi connectivity index (χ3n) is 4.26. The molecule has 1 aliphatic heterocycles. The van der Waals surface area contributed by atoms with Crippen molar-refractivity contribution in [3.05, 3.63) is 33.8 Å². The number of likely N-dealkylation sites (tertiary alicyclic amines) is 1. The molecular weight excluding hydrogens is 369 g/mol. The Labute approximate surface area is 160 Å². The average Bonchev–Trinajstić information content (AvgIpc) is 2.53. The Morgan fingerprint density at radius 1 is 1.33 bits per heavy atom. The van der Waals surface area contributed by atoms with Crippen LogP contribution in [0.3, 0.4) is 0 Å². The number of nitrogens with one attached hydrogen (secondary N) is 1. The van der Waals surface area contributed by atoms with Gasteiger partial charge in [0, 0.05) is 25.7 Å². The van der Waals surface area contributed by atoms with Crippen LogP contribution in [0.1, 0.15) is 38.2 Å². The van der Waals surface area contributed by atoms with Gasteiger partial charge in [0.2, 0.25) is 5.91 Å². The molecule has 4 nitrogen and oxygen atoms in total. The maximum Gasteiger partial charge on any atom is 0.237 e. The van der Waals surface area contributed by atoms with E-state index in [0.29, 0.717) is 10.0 Å². The Bertz CT molecular complexity index is 534. The molecule has 1 atom stereocenters. The Hall–Kier alpha value is -0.520. The van der Waals surface area contributed by atoms with Gasteiger partial charge >= 0.3 is 0 Å². The van der Waals surface area contributed by atoms with Gasteiger partial charge < -0.3 is 11.1 Å². The van der Waals surface area contributed by atoms with Crippen molar-refractivity contribution in [2.45, 2.75) is 51.2 Å². The smallest absolute Gasteiger partial charge is 0.237 e. The molecule has 1 fully saturated rings. The summed E-state index contributed by atoms with van der Waals surface area (Å²) in [4.78, 5) is 14.3. The van der Waals surface area contributed by atoms with Crippen molar-refractivity contribution >= 4 is 41.5 Å². The summed E-state index contributed by atoms with van der Waals surface area (Å²) < 4.78 is 0. The first-order valence-corrected chi connectivity index (χ1v) is 8.97. The van der Waals surface area contributed by atoms with Crippen molar-refractivity contribution in [1.82, 2.24) is 10.2 Å². The number of halogens is 3. The molecule has 2 rings (SSSR count). The van der Waals surface area contributed by atoms with E-state index in [1.807, 2.05) is 25.1 Å². The Balaban J connectivity index is 0.00000288. The van der Waals surface area contributed by atoms with Gasteiger partial charge in [0.25, 0.3) is 0 Å². The average molecular weight is 395 g/mol. The number of hydrogen-bond acceptors (Lipinski definition) is 3. The van der Waals surface area contributed by atoms with Crippen LogP contribution >= 0.6 is 35.6 Å². The van der Waals surface area contributed by atoms with Crippen LogP contribution in [0.2, 0.25) is 10.0 Å². The largest absolute Gasteiger partial charge is 0.352 e. The minimum atomic E-state index is -0.380. The SMILES string of the molecule is CCCC(N)C(=O)NC1CCN(Cc2ccc(Cl)c(Cl)c2)CC1.Cl. The summed E-state index contributed by atoms with van der Waals surface area (Å²) in [5.41, 5.74) is 7.01. The van der Waals surface area contributed by atoms with E-state index in [4.69, 9.17) is 28.9 Å². The van der Waals surface area contributed by atoms with Crippen molar-refractivity contribution in [3.63, 3.8) is 0 Å². The van der Waals surface area contributed by atoms with E-state index in [1.165, 1.54) is 0 Å². The first-order chi connectivity index (χ1) is 11.0. The van der Waals surface area contributed by atoms with Gasteiger partial charge in [-0.1, -0.05) is 42.6 Å². The fraction of sp³-hybridized carbons (Fsp3) is 0.588. The van der Waals surface area contributed by atoms with Crippen molar-refractivity contribution in [2.24, 2.45) is 5.73 Å². The number of piperidine rings is 1. The molecule has 1 aromatic carbocycles. The predicted molar refractivity (Wildman–Crippen MR) is 103 cm³/mol. The third kappa shape index (κ3) is 6.41. The van der Waals surface area contributed by atoms with E-state index >= 15 is 0 Å². The lowest BCUT2D eigenvalue weighted by Crippen LogP contribution is -2.49. The van der Waals surface area contributed by atoms with Crippen LogP contribution in [0.25, 0.3) is 0 Å². The van der Waals surface area contributed by atoms with E-state index in [9.17, 15) is 4.79 Å². The summed E-state index contributed by atoms with van der Waals surface area (Å²) in [5.74, 6) is -0.0187. The molecule has 0 aliphatic carbocycles. The molecule has 0 aromatic heterocycles. The van der Waals surface area contributed by atoms with Gasteiger partial charge in [-0.05, 0) is 37.0 Å². The molecule has 0 spiro atoms. The highest BCUT2D eigenvalue weighted by Crippen LogP contribution is 2.24. The summed E-state index contributed by atoms with van der Waals surface area (Å²) in [7, 11) is 0. The van der Waals surface area contributed by atoms with Crippen LogP contribution in [0.4, 0.5) is 0 Å². The highest BCUT2D eigenvalue weighted by molar-refractivity contribution is 6.42. The van der Waals surface area contributed by atoms with Crippen molar-refractivity contribution in [2.75, 3.05) is 13.1 Å². The van der Waals surface area contributed by atoms with Gasteiger partial charge in [0.1, 0.15) is 0 Å². The van der Waals surface area contributed by atoms with Crippen molar-refractivity contribution in [3.8, 4) is 0 Å². The van der Waals surface area contributed by atoms with E-state index < -0.39 is 0 Å². The van der Waals surface area contributed by atoms with Gasteiger partial charge in [0.05, 0.1) is 16.1 Å². The Kier molecular flexibility index (Phi) is 9.39. The summed E-state index contributed by atoms with van der Waals surface area (Å²) in [6.45, 7) is 4.80. The second-order valence-electron chi connectivity index (χ2n) is 6.20. The molecule has 7 heteroatoms. The fourth-order valence-electron chi connectivity index (χ4n) is 2.88. The lowest BCUT2D eigenvalue weighted by Gasteiger charge is -2.33. The molecule has 0 bridgehead atoms. The lowest BCUT2D eigenvalue weighted by molar-refractivity contribution is -0.123. The second-order valence-corrected chi connectivity index (χ2v) is 7.02. The third-order valence-corrected chi connectivity index (χ3v) is 5.00. The van der Waals surface area contributed by atoms with Gasteiger partial charge in [-0.3, -0.25) is 9.69 Å². The highest BCUT2D eigenvalue weighted by atomic mass is 35.5. The molecule has 1 heterocycles. The van der Waals surface area contributed by atoms with Crippen molar-refractivity contribution in [1.29, 1.82) is 0 Å². The second kappa shape index (κ2) is 10.5. The molecule has 1 aliphatic rings. The van der Waals surface area contributed by atoms with Crippen LogP contribution < -0.4 is 11.1 Å². The number of amides is 1. The van der Waals surface area contributed by atoms with Crippen LogP contribution in [0.5, 0.6) is 0 Å². The maximum absolute atomic E-state index is 12.0. The summed E-state index contributed by atoms with van der Waals surface area (Å²) in [6.07, 6.45) is 3.57. The minimum absolute atomic E-state index is 0. The molecule has 1 unspecified atom stereocenters. The summed E-state index contributed by atoms with van der Waals surface area (Å²) in [6, 6.07) is 5.61. The summed E-state index contributed by atoms with van der Waals surface area (Å²) in [5, 5.41) is 4.25. The number of hydrogen-bond donors (Lipinski definition) is 2. The molecular formula is C17H26Cl3N3O. The maximum atomic E-state index is 12.0. The van der Waals surface area contributed by atoms with E-state index in [1.54, 1.807) is 0 Å². The number of nitrogens with two attached hydrogens (primary N) is 1. The Morgan fingerprint density at radius 2 is 2.00 bits per heavy atom. The number of nitrogens with zero attached hydrogens (tertiary/aromatic N) is 1. The van der Waals surface area contributed by atoms with Crippen LogP contribution in [0.15, 0.2) is 18.2 Å². The first-order valence-electron chi connectivity index (χ1n) is 8.21. The molecule has 24 heavy (non-hydrogen) atoms. The van der Waals surface area contributed by atoms with Crippen LogP contribution in [0, 0.1) is 0 Å². The molecule has 1 aromatic rings.